The quantitative estimate of drug-likeness (QED) is 0.120. The minimum absolute atomic E-state index is 0. The molecule has 0 amide bonds. The maximum Gasteiger partial charge on any atom is 0.207 e. The molecule has 0 spiro atoms. The Hall–Kier alpha value is -2.66. The van der Waals surface area contributed by atoms with Crippen LogP contribution in [0, 0.1) is 0 Å². The molecule has 0 saturated carbocycles. The van der Waals surface area contributed by atoms with Crippen LogP contribution in [0.15, 0.2) is 170 Å². The van der Waals surface area contributed by atoms with Crippen molar-refractivity contribution in [1.82, 2.24) is 0 Å². The summed E-state index contributed by atoms with van der Waals surface area (Å²) in [6.45, 7) is 9.33. The Morgan fingerprint density at radius 3 is 0.844 bits per heavy atom. The third-order valence-electron chi connectivity index (χ3n) is 7.35. The van der Waals surface area contributed by atoms with Gasteiger partial charge in [0, 0.05) is 20.4 Å². The van der Waals surface area contributed by atoms with Crippen LogP contribution in [-0.2, 0) is 20.4 Å². The Bertz CT molecular complexity index is 1510. The Labute approximate surface area is 288 Å². The molecule has 0 aromatic heterocycles. The molecule has 6 aromatic rings. The summed E-state index contributed by atoms with van der Waals surface area (Å²) in [5, 5.41) is 8.39. The first kappa shape index (κ1) is 35.2. The summed E-state index contributed by atoms with van der Waals surface area (Å²) in [5.74, 6) is 0. The van der Waals surface area contributed by atoms with Crippen LogP contribution in [-0.4, -0.2) is 26.7 Å². The largest absolute Gasteiger partial charge is 0.207 e. The van der Waals surface area contributed by atoms with Crippen LogP contribution in [0.1, 0.15) is 0 Å². The summed E-state index contributed by atoms with van der Waals surface area (Å²) in [6.07, 6.45) is 0. The zero-order valence-electron chi connectivity index (χ0n) is 26.4. The van der Waals surface area contributed by atoms with Gasteiger partial charge in [0.25, 0.3) is 0 Å². The maximum atomic E-state index is 2.39. The van der Waals surface area contributed by atoms with Gasteiger partial charge in [-0.05, 0) is 67.7 Å². The fraction of sp³-hybridized carbons (Fsp3) is 0.100. The van der Waals surface area contributed by atoms with Crippen molar-refractivity contribution in [2.45, 2.75) is 6.82 Å². The Morgan fingerprint density at radius 2 is 0.578 bits per heavy atom. The summed E-state index contributed by atoms with van der Waals surface area (Å²) < 4.78 is 0. The van der Waals surface area contributed by atoms with Gasteiger partial charge >= 0.3 is 0 Å². The van der Waals surface area contributed by atoms with Gasteiger partial charge in [-0.1, -0.05) is 188 Å². The smallest absolute Gasteiger partial charge is 0.116 e. The van der Waals surface area contributed by atoms with Crippen LogP contribution in [0.2, 0.25) is 6.82 Å². The zero-order chi connectivity index (χ0) is 30.7. The van der Waals surface area contributed by atoms with Crippen molar-refractivity contribution < 1.29 is 20.4 Å². The molecular formula is C40H40BP3Pd. The van der Waals surface area contributed by atoms with E-state index in [1.165, 1.54) is 42.8 Å². The minimum atomic E-state index is -0.697. The van der Waals surface area contributed by atoms with Gasteiger partial charge in [-0.2, -0.15) is 0 Å². The molecule has 0 nitrogen and oxygen atoms in total. The van der Waals surface area contributed by atoms with Crippen molar-refractivity contribution in [3.05, 3.63) is 170 Å². The van der Waals surface area contributed by atoms with Crippen molar-refractivity contribution >= 4 is 73.2 Å². The number of hydrogen-bond donors (Lipinski definition) is 0. The van der Waals surface area contributed by atoms with Crippen molar-refractivity contribution in [3.8, 4) is 0 Å². The van der Waals surface area contributed by atoms with E-state index in [-0.39, 0.29) is 27.1 Å². The summed E-state index contributed by atoms with van der Waals surface area (Å²) in [7, 11) is -1.01. The Balaban J connectivity index is 0.000000871. The second kappa shape index (κ2) is 17.9. The minimum Gasteiger partial charge on any atom is -0.116 e. The molecule has 0 unspecified atom stereocenters. The standard InChI is InChI=1S/C37H31BP2.C3H9P.Pd/c1-38(34-26-14-16-28-36(34)39(30-18-6-2-7-19-30)31-20-8-3-9-21-31)35-27-15-17-29-37(35)40(32-22-10-4-11-23-32)33-24-12-5-13-25-33;1-4(2)3;/h2-29H,1H3;1-3H3;. The van der Waals surface area contributed by atoms with E-state index < -0.39 is 15.8 Å². The van der Waals surface area contributed by atoms with Crippen molar-refractivity contribution in [2.24, 2.45) is 0 Å². The fourth-order valence-electron chi connectivity index (χ4n) is 5.44. The molecule has 6 aromatic carbocycles. The molecule has 0 heterocycles. The molecule has 0 atom stereocenters. The van der Waals surface area contributed by atoms with Gasteiger partial charge in [0.15, 0.2) is 0 Å². The average Bonchev–Trinajstić information content (AvgIpc) is 3.07. The monoisotopic (exact) mass is 730 g/mol. The van der Waals surface area contributed by atoms with E-state index in [1.807, 2.05) is 0 Å². The van der Waals surface area contributed by atoms with Crippen LogP contribution in [0.5, 0.6) is 0 Å². The van der Waals surface area contributed by atoms with Crippen LogP contribution in [0.25, 0.3) is 0 Å². The summed E-state index contributed by atoms with van der Waals surface area (Å²) >= 11 is 0. The van der Waals surface area contributed by atoms with E-state index in [9.17, 15) is 0 Å². The van der Waals surface area contributed by atoms with E-state index in [0.717, 1.165) is 0 Å². The molecule has 0 aliphatic carbocycles. The molecule has 0 radical (unpaired) electrons. The normalized spacial score (nSPS) is 10.6. The Morgan fingerprint density at radius 1 is 0.356 bits per heavy atom. The van der Waals surface area contributed by atoms with Crippen LogP contribution >= 0.6 is 23.8 Å². The molecule has 6 rings (SSSR count). The molecule has 0 bridgehead atoms. The summed E-state index contributed by atoms with van der Waals surface area (Å²) in [5.41, 5.74) is 2.81. The molecule has 0 aliphatic rings. The van der Waals surface area contributed by atoms with E-state index in [2.05, 4.69) is 197 Å². The number of hydrogen-bond acceptors (Lipinski definition) is 0. The van der Waals surface area contributed by atoms with E-state index in [4.69, 9.17) is 0 Å². The van der Waals surface area contributed by atoms with Crippen molar-refractivity contribution in [3.63, 3.8) is 0 Å². The predicted molar refractivity (Wildman–Crippen MR) is 206 cm³/mol. The van der Waals surface area contributed by atoms with E-state index >= 15 is 0 Å². The van der Waals surface area contributed by atoms with Crippen LogP contribution in [0.4, 0.5) is 0 Å². The van der Waals surface area contributed by atoms with Gasteiger partial charge in [-0.25, -0.2) is 0 Å². The molecule has 0 fully saturated rings. The molecule has 0 aliphatic heterocycles. The molecule has 45 heavy (non-hydrogen) atoms. The van der Waals surface area contributed by atoms with Gasteiger partial charge in [0.05, 0.1) is 0 Å². The van der Waals surface area contributed by atoms with Gasteiger partial charge in [0.2, 0.25) is 6.71 Å². The van der Waals surface area contributed by atoms with Crippen LogP contribution in [0.3, 0.4) is 0 Å². The van der Waals surface area contributed by atoms with E-state index in [1.54, 1.807) is 0 Å². The third-order valence-corrected chi connectivity index (χ3v) is 12.4. The third kappa shape index (κ3) is 9.21. The molecule has 0 saturated heterocycles. The Kier molecular flexibility index (Phi) is 14.0. The van der Waals surface area contributed by atoms with Gasteiger partial charge in [-0.15, -0.1) is 7.92 Å². The van der Waals surface area contributed by atoms with Crippen molar-refractivity contribution in [1.29, 1.82) is 0 Å². The first-order valence-corrected chi connectivity index (χ1v) is 20.5. The SMILES string of the molecule is CB(c1ccccc1P(c1ccccc1)c1ccccc1)c1ccccc1P(c1ccccc1)c1ccccc1.CP(C)C.[Pd]. The number of rotatable bonds is 8. The van der Waals surface area contributed by atoms with Crippen molar-refractivity contribution in [2.75, 3.05) is 20.0 Å². The molecule has 228 valence electrons. The molecular weight excluding hydrogens is 691 g/mol. The maximum absolute atomic E-state index is 2.39. The van der Waals surface area contributed by atoms with Crippen LogP contribution < -0.4 is 42.8 Å². The zero-order valence-corrected chi connectivity index (χ0v) is 30.6. The summed E-state index contributed by atoms with van der Waals surface area (Å²) in [4.78, 5) is 0. The molecule has 5 heteroatoms. The molecule has 0 N–H and O–H groups in total. The first-order chi connectivity index (χ1) is 21.5. The second-order valence-corrected chi connectivity index (χ2v) is 18.2. The van der Waals surface area contributed by atoms with Gasteiger partial charge in [0.1, 0.15) is 0 Å². The fourth-order valence-corrected chi connectivity index (χ4v) is 10.6. The van der Waals surface area contributed by atoms with E-state index in [0.29, 0.717) is 7.92 Å². The van der Waals surface area contributed by atoms with Gasteiger partial charge < -0.3 is 0 Å². The second-order valence-electron chi connectivity index (χ2n) is 11.2. The van der Waals surface area contributed by atoms with Gasteiger partial charge in [-0.3, -0.25) is 0 Å². The topological polar surface area (TPSA) is 0 Å². The first-order valence-electron chi connectivity index (χ1n) is 15.1. The number of benzene rings is 6. The predicted octanol–water partition coefficient (Wildman–Crippen LogP) is 6.80. The summed E-state index contributed by atoms with van der Waals surface area (Å²) in [6, 6.07) is 62.4. The average molecular weight is 731 g/mol.